The van der Waals surface area contributed by atoms with Gasteiger partial charge < -0.3 is 5.32 Å². The highest BCUT2D eigenvalue weighted by Gasteiger charge is 2.30. The molecule has 0 saturated carbocycles. The van der Waals surface area contributed by atoms with Crippen LogP contribution in [0, 0.1) is 6.92 Å². The van der Waals surface area contributed by atoms with Crippen molar-refractivity contribution in [1.29, 1.82) is 0 Å². The highest BCUT2D eigenvalue weighted by Crippen LogP contribution is 2.35. The van der Waals surface area contributed by atoms with Crippen LogP contribution in [0.4, 0.5) is 11.5 Å². The Hall–Kier alpha value is -3.28. The molecule has 4 rings (SSSR count). The first-order valence-corrected chi connectivity index (χ1v) is 7.66. The van der Waals surface area contributed by atoms with Gasteiger partial charge in [-0.3, -0.25) is 4.79 Å². The smallest absolute Gasteiger partial charge is 0.296 e. The molecule has 0 amide bonds. The van der Waals surface area contributed by atoms with Gasteiger partial charge in [0.05, 0.1) is 11.3 Å². The molecular formula is C18H15N5O. The number of nitrogens with one attached hydrogen (secondary N) is 1. The summed E-state index contributed by atoms with van der Waals surface area (Å²) in [4.78, 5) is 12.7. The van der Waals surface area contributed by atoms with Crippen LogP contribution in [0.15, 0.2) is 70.9 Å². The standard InChI is InChI=1S/C18H15N5O/c1-12-15(13-8-4-2-5-9-13)17-21-20-16(18(24)23(17)22-12)19-14-10-6-3-7-11-14/h2-11,16,19H,1H3. The third kappa shape index (κ3) is 2.38. The number of fused-ring (bicyclic) bond motifs is 1. The summed E-state index contributed by atoms with van der Waals surface area (Å²) in [5, 5.41) is 15.9. The summed E-state index contributed by atoms with van der Waals surface area (Å²) in [5.41, 5.74) is 3.37. The molecule has 118 valence electrons. The largest absolute Gasteiger partial charge is 0.354 e. The molecule has 0 fully saturated rings. The van der Waals surface area contributed by atoms with Crippen molar-refractivity contribution in [3.05, 3.63) is 66.4 Å². The number of hydrogen-bond acceptors (Lipinski definition) is 5. The minimum atomic E-state index is -0.775. The second-order valence-electron chi connectivity index (χ2n) is 5.53. The number of hydrogen-bond donors (Lipinski definition) is 1. The fraction of sp³-hybridized carbons (Fsp3) is 0.111. The van der Waals surface area contributed by atoms with Gasteiger partial charge in [-0.25, -0.2) is 0 Å². The van der Waals surface area contributed by atoms with Gasteiger partial charge in [-0.05, 0) is 24.6 Å². The maximum Gasteiger partial charge on any atom is 0.296 e. The van der Waals surface area contributed by atoms with Gasteiger partial charge in [0.25, 0.3) is 5.91 Å². The molecule has 0 bridgehead atoms. The zero-order valence-corrected chi connectivity index (χ0v) is 13.0. The fourth-order valence-corrected chi connectivity index (χ4v) is 2.76. The molecule has 0 radical (unpaired) electrons. The number of carbonyl (C=O) groups excluding carboxylic acids is 1. The summed E-state index contributed by atoms with van der Waals surface area (Å²) in [7, 11) is 0. The number of carbonyl (C=O) groups is 1. The molecule has 1 atom stereocenters. The lowest BCUT2D eigenvalue weighted by atomic mass is 10.1. The van der Waals surface area contributed by atoms with E-state index in [4.69, 9.17) is 0 Å². The summed E-state index contributed by atoms with van der Waals surface area (Å²) in [6.07, 6.45) is -0.775. The molecular weight excluding hydrogens is 302 g/mol. The maximum atomic E-state index is 12.7. The van der Waals surface area contributed by atoms with Gasteiger partial charge in [-0.15, -0.1) is 5.11 Å². The highest BCUT2D eigenvalue weighted by atomic mass is 16.2. The van der Waals surface area contributed by atoms with Gasteiger partial charge in [0.15, 0.2) is 5.82 Å². The molecule has 1 unspecified atom stereocenters. The van der Waals surface area contributed by atoms with Crippen LogP contribution in [0.3, 0.4) is 0 Å². The molecule has 6 heteroatoms. The van der Waals surface area contributed by atoms with Crippen molar-refractivity contribution < 1.29 is 4.79 Å². The van der Waals surface area contributed by atoms with Crippen LogP contribution < -0.4 is 5.32 Å². The molecule has 6 nitrogen and oxygen atoms in total. The topological polar surface area (TPSA) is 71.6 Å². The van der Waals surface area contributed by atoms with Crippen LogP contribution >= 0.6 is 0 Å². The van der Waals surface area contributed by atoms with Crippen molar-refractivity contribution in [2.45, 2.75) is 13.1 Å². The second-order valence-corrected chi connectivity index (χ2v) is 5.53. The Balaban J connectivity index is 1.71. The lowest BCUT2D eigenvalue weighted by Gasteiger charge is -2.17. The van der Waals surface area contributed by atoms with Crippen molar-refractivity contribution in [1.82, 2.24) is 9.78 Å². The van der Waals surface area contributed by atoms with Gasteiger partial charge in [-0.2, -0.15) is 14.9 Å². The first-order valence-electron chi connectivity index (χ1n) is 7.66. The third-order valence-electron chi connectivity index (χ3n) is 3.89. The van der Waals surface area contributed by atoms with Crippen LogP contribution in [0.2, 0.25) is 0 Å². The number of para-hydroxylation sites is 1. The van der Waals surface area contributed by atoms with Crippen molar-refractivity contribution in [3.8, 4) is 11.1 Å². The number of nitrogens with zero attached hydrogens (tertiary/aromatic N) is 4. The molecule has 1 N–H and O–H groups in total. The number of aryl methyl sites for hydroxylation is 1. The Morgan fingerprint density at radius 3 is 2.38 bits per heavy atom. The predicted molar refractivity (Wildman–Crippen MR) is 91.4 cm³/mol. The van der Waals surface area contributed by atoms with E-state index in [0.717, 1.165) is 22.5 Å². The minimum Gasteiger partial charge on any atom is -0.354 e. The summed E-state index contributed by atoms with van der Waals surface area (Å²) < 4.78 is 1.34. The molecule has 0 saturated heterocycles. The van der Waals surface area contributed by atoms with E-state index in [2.05, 4.69) is 20.6 Å². The highest BCUT2D eigenvalue weighted by molar-refractivity contribution is 5.92. The predicted octanol–water partition coefficient (Wildman–Crippen LogP) is 4.03. The van der Waals surface area contributed by atoms with E-state index in [1.54, 1.807) is 0 Å². The number of rotatable bonds is 3. The van der Waals surface area contributed by atoms with Gasteiger partial charge in [0.2, 0.25) is 6.17 Å². The SMILES string of the molecule is Cc1nn2c(c1-c1ccccc1)N=NC(Nc1ccccc1)C2=O. The van der Waals surface area contributed by atoms with Crippen LogP contribution in [0.25, 0.3) is 11.1 Å². The van der Waals surface area contributed by atoms with E-state index in [9.17, 15) is 4.79 Å². The molecule has 0 spiro atoms. The third-order valence-corrected chi connectivity index (χ3v) is 3.89. The number of aromatic nitrogens is 2. The van der Waals surface area contributed by atoms with Gasteiger partial charge in [0, 0.05) is 5.69 Å². The first kappa shape index (κ1) is 14.3. The van der Waals surface area contributed by atoms with Gasteiger partial charge in [-0.1, -0.05) is 48.5 Å². The van der Waals surface area contributed by atoms with E-state index in [-0.39, 0.29) is 5.91 Å². The van der Waals surface area contributed by atoms with Crippen molar-refractivity contribution in [2.75, 3.05) is 5.32 Å². The maximum absolute atomic E-state index is 12.7. The summed E-state index contributed by atoms with van der Waals surface area (Å²) in [5.74, 6) is 0.240. The number of benzene rings is 2. The van der Waals surface area contributed by atoms with Crippen LogP contribution in [-0.4, -0.2) is 21.9 Å². The second kappa shape index (κ2) is 5.73. The Kier molecular flexibility index (Phi) is 3.42. The normalized spacial score (nSPS) is 16.0. The molecule has 3 aromatic rings. The monoisotopic (exact) mass is 317 g/mol. The Morgan fingerprint density at radius 1 is 1.00 bits per heavy atom. The van der Waals surface area contributed by atoms with Crippen LogP contribution in [-0.2, 0) is 0 Å². The van der Waals surface area contributed by atoms with Crippen molar-refractivity contribution >= 4 is 17.4 Å². The van der Waals surface area contributed by atoms with Crippen LogP contribution in [0.1, 0.15) is 10.5 Å². The zero-order chi connectivity index (χ0) is 16.5. The molecule has 2 heterocycles. The molecule has 1 aliphatic heterocycles. The Labute approximate surface area is 138 Å². The molecule has 0 aliphatic carbocycles. The van der Waals surface area contributed by atoms with E-state index < -0.39 is 6.17 Å². The number of azo groups is 1. The van der Waals surface area contributed by atoms with Crippen LogP contribution in [0.5, 0.6) is 0 Å². The van der Waals surface area contributed by atoms with E-state index in [1.165, 1.54) is 4.68 Å². The zero-order valence-electron chi connectivity index (χ0n) is 13.0. The average Bonchev–Trinajstić information content (AvgIpc) is 2.96. The average molecular weight is 317 g/mol. The lowest BCUT2D eigenvalue weighted by molar-refractivity contribution is 0.0866. The lowest BCUT2D eigenvalue weighted by Crippen LogP contribution is -2.34. The Morgan fingerprint density at radius 2 is 1.67 bits per heavy atom. The van der Waals surface area contributed by atoms with Gasteiger partial charge in [0.1, 0.15) is 0 Å². The summed E-state index contributed by atoms with van der Waals surface area (Å²) >= 11 is 0. The van der Waals surface area contributed by atoms with Crippen molar-refractivity contribution in [2.24, 2.45) is 10.2 Å². The summed E-state index contributed by atoms with van der Waals surface area (Å²) in [6, 6.07) is 19.2. The molecule has 1 aliphatic rings. The minimum absolute atomic E-state index is 0.242. The van der Waals surface area contributed by atoms with E-state index in [1.807, 2.05) is 67.6 Å². The van der Waals surface area contributed by atoms with Crippen molar-refractivity contribution in [3.63, 3.8) is 0 Å². The fourth-order valence-electron chi connectivity index (χ4n) is 2.76. The summed E-state index contributed by atoms with van der Waals surface area (Å²) in [6.45, 7) is 1.87. The first-order chi connectivity index (χ1) is 11.7. The molecule has 1 aromatic heterocycles. The Bertz CT molecular complexity index is 915. The molecule has 24 heavy (non-hydrogen) atoms. The van der Waals surface area contributed by atoms with E-state index in [0.29, 0.717) is 5.82 Å². The van der Waals surface area contributed by atoms with Gasteiger partial charge >= 0.3 is 0 Å². The number of anilines is 1. The van der Waals surface area contributed by atoms with E-state index >= 15 is 0 Å². The molecule has 2 aromatic carbocycles. The quantitative estimate of drug-likeness (QED) is 0.792.